The van der Waals surface area contributed by atoms with E-state index in [-0.39, 0.29) is 18.2 Å². The van der Waals surface area contributed by atoms with E-state index in [2.05, 4.69) is 5.32 Å². The van der Waals surface area contributed by atoms with Gasteiger partial charge in [0.15, 0.2) is 11.5 Å². The van der Waals surface area contributed by atoms with Crippen LogP contribution in [-0.2, 0) is 29.0 Å². The summed E-state index contributed by atoms with van der Waals surface area (Å²) in [7, 11) is 3.19. The fraction of sp³-hybridized carbons (Fsp3) is 0.375. The van der Waals surface area contributed by atoms with Crippen molar-refractivity contribution in [2.24, 2.45) is 0 Å². The number of ether oxygens (including phenoxy) is 2. The summed E-state index contributed by atoms with van der Waals surface area (Å²) in [4.78, 5) is 29.2. The van der Waals surface area contributed by atoms with Gasteiger partial charge in [0.25, 0.3) is 0 Å². The monoisotopic (exact) mass is 516 g/mol. The molecule has 38 heavy (non-hydrogen) atoms. The van der Waals surface area contributed by atoms with Crippen LogP contribution in [0.1, 0.15) is 49.4 Å². The van der Waals surface area contributed by atoms with Gasteiger partial charge < -0.3 is 19.7 Å². The van der Waals surface area contributed by atoms with E-state index in [1.807, 2.05) is 100 Å². The summed E-state index contributed by atoms with van der Waals surface area (Å²) in [6.45, 7) is 8.24. The molecular weight excluding hydrogens is 476 g/mol. The van der Waals surface area contributed by atoms with Gasteiger partial charge in [-0.3, -0.25) is 9.59 Å². The minimum Gasteiger partial charge on any atom is -0.493 e. The van der Waals surface area contributed by atoms with Crippen molar-refractivity contribution in [2.75, 3.05) is 14.2 Å². The molecule has 0 saturated carbocycles. The highest BCUT2D eigenvalue weighted by atomic mass is 16.5. The largest absolute Gasteiger partial charge is 0.493 e. The fourth-order valence-electron chi connectivity index (χ4n) is 4.33. The Morgan fingerprint density at radius 2 is 1.47 bits per heavy atom. The van der Waals surface area contributed by atoms with Crippen molar-refractivity contribution in [1.82, 2.24) is 10.2 Å². The average Bonchev–Trinajstić information content (AvgIpc) is 2.89. The molecule has 1 atom stereocenters. The molecule has 0 aromatic heterocycles. The van der Waals surface area contributed by atoms with Gasteiger partial charge >= 0.3 is 0 Å². The zero-order chi connectivity index (χ0) is 27.7. The number of carbonyl (C=O) groups is 2. The molecule has 6 heteroatoms. The standard InChI is InChI=1S/C32H40N2O4/c1-23-12-14-26(15-13-23)22-34(30(35)19-17-25-16-18-28(37-5)29(21-25)38-6)27(31(36)33-32(2,3)4)20-24-10-8-7-9-11-24/h7-16,18,21,27H,17,19-20,22H2,1-6H3,(H,33,36)/t27-/m1/s1. The predicted octanol–water partition coefficient (Wildman–Crippen LogP) is 5.50. The number of aryl methyl sites for hydroxylation is 2. The van der Waals surface area contributed by atoms with Gasteiger partial charge in [0.2, 0.25) is 11.8 Å². The van der Waals surface area contributed by atoms with Crippen molar-refractivity contribution >= 4 is 11.8 Å². The number of methoxy groups -OCH3 is 2. The van der Waals surface area contributed by atoms with Crippen LogP contribution in [0.25, 0.3) is 0 Å². The maximum absolute atomic E-state index is 13.9. The quantitative estimate of drug-likeness (QED) is 0.365. The summed E-state index contributed by atoms with van der Waals surface area (Å²) in [6, 6.07) is 23.0. The van der Waals surface area contributed by atoms with Crippen molar-refractivity contribution in [3.63, 3.8) is 0 Å². The van der Waals surface area contributed by atoms with Crippen LogP contribution in [0.15, 0.2) is 72.8 Å². The summed E-state index contributed by atoms with van der Waals surface area (Å²) in [6.07, 6.45) is 1.20. The fourth-order valence-corrected chi connectivity index (χ4v) is 4.33. The number of benzene rings is 3. The smallest absolute Gasteiger partial charge is 0.243 e. The van der Waals surface area contributed by atoms with Crippen molar-refractivity contribution in [1.29, 1.82) is 0 Å². The number of nitrogens with zero attached hydrogens (tertiary/aromatic N) is 1. The summed E-state index contributed by atoms with van der Waals surface area (Å²) < 4.78 is 10.8. The minimum absolute atomic E-state index is 0.0784. The van der Waals surface area contributed by atoms with Gasteiger partial charge in [0, 0.05) is 24.9 Å². The summed E-state index contributed by atoms with van der Waals surface area (Å²) in [5, 5.41) is 3.11. The molecule has 0 spiro atoms. The second-order valence-electron chi connectivity index (χ2n) is 10.6. The Morgan fingerprint density at radius 3 is 2.08 bits per heavy atom. The molecular formula is C32H40N2O4. The van der Waals surface area contributed by atoms with Gasteiger partial charge in [-0.1, -0.05) is 66.2 Å². The predicted molar refractivity (Wildman–Crippen MR) is 151 cm³/mol. The molecule has 0 fully saturated rings. The van der Waals surface area contributed by atoms with Crippen molar-refractivity contribution in [3.05, 3.63) is 95.1 Å². The topological polar surface area (TPSA) is 67.9 Å². The summed E-state index contributed by atoms with van der Waals surface area (Å²) >= 11 is 0. The van der Waals surface area contributed by atoms with Gasteiger partial charge in [0.05, 0.1) is 14.2 Å². The lowest BCUT2D eigenvalue weighted by atomic mass is 9.99. The first kappa shape index (κ1) is 28.8. The molecule has 2 amide bonds. The van der Waals surface area contributed by atoms with E-state index < -0.39 is 11.6 Å². The Kier molecular flexibility index (Phi) is 9.94. The first-order chi connectivity index (χ1) is 18.1. The van der Waals surface area contributed by atoms with Crippen LogP contribution in [0, 0.1) is 6.92 Å². The Labute approximate surface area is 227 Å². The Balaban J connectivity index is 1.92. The van der Waals surface area contributed by atoms with Crippen LogP contribution in [-0.4, -0.2) is 42.5 Å². The van der Waals surface area contributed by atoms with Gasteiger partial charge in [-0.15, -0.1) is 0 Å². The van der Waals surface area contributed by atoms with Crippen LogP contribution >= 0.6 is 0 Å². The lowest BCUT2D eigenvalue weighted by Gasteiger charge is -2.34. The zero-order valence-electron chi connectivity index (χ0n) is 23.4. The highest BCUT2D eigenvalue weighted by molar-refractivity contribution is 5.88. The van der Waals surface area contributed by atoms with E-state index in [1.165, 1.54) is 0 Å². The van der Waals surface area contributed by atoms with Gasteiger partial charge in [0.1, 0.15) is 6.04 Å². The van der Waals surface area contributed by atoms with E-state index >= 15 is 0 Å². The Hall–Kier alpha value is -3.80. The van der Waals surface area contributed by atoms with E-state index in [0.29, 0.717) is 30.9 Å². The van der Waals surface area contributed by atoms with E-state index in [4.69, 9.17) is 9.47 Å². The van der Waals surface area contributed by atoms with Crippen LogP contribution in [0.3, 0.4) is 0 Å². The van der Waals surface area contributed by atoms with Crippen molar-refractivity contribution in [3.8, 4) is 11.5 Å². The van der Waals surface area contributed by atoms with Gasteiger partial charge in [-0.2, -0.15) is 0 Å². The first-order valence-electron chi connectivity index (χ1n) is 13.0. The van der Waals surface area contributed by atoms with E-state index in [1.54, 1.807) is 19.1 Å². The van der Waals surface area contributed by atoms with Gasteiger partial charge in [-0.05, 0) is 62.9 Å². The van der Waals surface area contributed by atoms with Crippen molar-refractivity contribution < 1.29 is 19.1 Å². The maximum atomic E-state index is 13.9. The molecule has 3 rings (SSSR count). The Morgan fingerprint density at radius 1 is 0.842 bits per heavy atom. The van der Waals surface area contributed by atoms with E-state index in [0.717, 1.165) is 22.3 Å². The maximum Gasteiger partial charge on any atom is 0.243 e. The number of rotatable bonds is 11. The van der Waals surface area contributed by atoms with Gasteiger partial charge in [-0.25, -0.2) is 0 Å². The molecule has 0 aliphatic carbocycles. The van der Waals surface area contributed by atoms with Crippen LogP contribution in [0.2, 0.25) is 0 Å². The molecule has 0 unspecified atom stereocenters. The molecule has 0 aliphatic rings. The molecule has 0 heterocycles. The number of amides is 2. The molecule has 0 radical (unpaired) electrons. The highest BCUT2D eigenvalue weighted by Gasteiger charge is 2.32. The summed E-state index contributed by atoms with van der Waals surface area (Å²) in [5.74, 6) is 1.03. The molecule has 202 valence electrons. The number of hydrogen-bond donors (Lipinski definition) is 1. The second kappa shape index (κ2) is 13.1. The van der Waals surface area contributed by atoms with E-state index in [9.17, 15) is 9.59 Å². The van der Waals surface area contributed by atoms with Crippen LogP contribution < -0.4 is 14.8 Å². The number of carbonyl (C=O) groups excluding carboxylic acids is 2. The minimum atomic E-state index is -0.657. The van der Waals surface area contributed by atoms with Crippen molar-refractivity contribution in [2.45, 2.75) is 65.1 Å². The zero-order valence-corrected chi connectivity index (χ0v) is 23.4. The molecule has 0 saturated heterocycles. The Bertz CT molecular complexity index is 1200. The third-order valence-electron chi connectivity index (χ3n) is 6.32. The third-order valence-corrected chi connectivity index (χ3v) is 6.32. The second-order valence-corrected chi connectivity index (χ2v) is 10.6. The lowest BCUT2D eigenvalue weighted by Crippen LogP contribution is -2.54. The normalized spacial score (nSPS) is 11.9. The molecule has 3 aromatic carbocycles. The third kappa shape index (κ3) is 8.37. The molecule has 1 N–H and O–H groups in total. The molecule has 6 nitrogen and oxygen atoms in total. The average molecular weight is 517 g/mol. The van der Waals surface area contributed by atoms with Crippen LogP contribution in [0.4, 0.5) is 0 Å². The first-order valence-corrected chi connectivity index (χ1v) is 13.0. The number of nitrogens with one attached hydrogen (secondary N) is 1. The lowest BCUT2D eigenvalue weighted by molar-refractivity contribution is -0.141. The molecule has 0 bridgehead atoms. The molecule has 3 aromatic rings. The molecule has 0 aliphatic heterocycles. The SMILES string of the molecule is COc1ccc(CCC(=O)N(Cc2ccc(C)cc2)[C@H](Cc2ccccc2)C(=O)NC(C)(C)C)cc1OC. The van der Waals surface area contributed by atoms with Crippen LogP contribution in [0.5, 0.6) is 11.5 Å². The highest BCUT2D eigenvalue weighted by Crippen LogP contribution is 2.28. The number of hydrogen-bond acceptors (Lipinski definition) is 4. The summed E-state index contributed by atoms with van der Waals surface area (Å²) in [5.41, 5.74) is 3.67.